The van der Waals surface area contributed by atoms with Gasteiger partial charge in [0.25, 0.3) is 0 Å². The molecule has 0 atom stereocenters. The van der Waals surface area contributed by atoms with Gasteiger partial charge in [-0.2, -0.15) is 0 Å². The van der Waals surface area contributed by atoms with Crippen LogP contribution in [0.4, 0.5) is 5.69 Å². The van der Waals surface area contributed by atoms with E-state index in [0.29, 0.717) is 29.0 Å². The number of aliphatic imine (C=N–C) groups is 1. The molecule has 5 heteroatoms. The van der Waals surface area contributed by atoms with Crippen LogP contribution in [0.5, 0.6) is 5.88 Å². The summed E-state index contributed by atoms with van der Waals surface area (Å²) < 4.78 is 5.08. The first-order valence-corrected chi connectivity index (χ1v) is 9.79. The molecule has 0 aliphatic carbocycles. The maximum absolute atomic E-state index is 12.1. The van der Waals surface area contributed by atoms with Gasteiger partial charge in [0.2, 0.25) is 0 Å². The van der Waals surface area contributed by atoms with Crippen molar-refractivity contribution in [3.63, 3.8) is 0 Å². The minimum absolute atomic E-state index is 0.000670. The first kappa shape index (κ1) is 19.5. The van der Waals surface area contributed by atoms with Gasteiger partial charge in [-0.3, -0.25) is 0 Å². The fourth-order valence-electron chi connectivity index (χ4n) is 3.37. The molecule has 0 bridgehead atoms. The van der Waals surface area contributed by atoms with Gasteiger partial charge in [0.15, 0.2) is 5.88 Å². The number of ether oxygens (including phenoxy) is 1. The summed E-state index contributed by atoms with van der Waals surface area (Å²) in [7, 11) is 0. The number of H-pyrrole nitrogens is 1. The Labute approximate surface area is 174 Å². The van der Waals surface area contributed by atoms with Gasteiger partial charge in [-0.05, 0) is 38.1 Å². The average Bonchev–Trinajstić information content (AvgIpc) is 3.09. The molecule has 4 rings (SSSR count). The van der Waals surface area contributed by atoms with E-state index in [1.54, 1.807) is 25.1 Å². The molecule has 0 fully saturated rings. The van der Waals surface area contributed by atoms with Gasteiger partial charge in [0.05, 0.1) is 29.1 Å². The topological polar surface area (TPSA) is 74.7 Å². The lowest BCUT2D eigenvalue weighted by Gasteiger charge is -2.08. The molecule has 0 unspecified atom stereocenters. The fraction of sp³-hybridized carbons (Fsp3) is 0.120. The molecule has 2 N–H and O–H groups in total. The summed E-state index contributed by atoms with van der Waals surface area (Å²) in [5, 5.41) is 11.5. The van der Waals surface area contributed by atoms with Crippen LogP contribution in [0.15, 0.2) is 77.8 Å². The lowest BCUT2D eigenvalue weighted by atomic mass is 10.00. The van der Waals surface area contributed by atoms with Gasteiger partial charge in [-0.15, -0.1) is 0 Å². The molecule has 0 amide bonds. The molecule has 0 saturated carbocycles. The van der Waals surface area contributed by atoms with Crippen LogP contribution in [0, 0.1) is 6.92 Å². The highest BCUT2D eigenvalue weighted by Gasteiger charge is 2.20. The molecule has 150 valence electrons. The van der Waals surface area contributed by atoms with Crippen LogP contribution >= 0.6 is 0 Å². The SMILES string of the molecule is CCOC(=O)c1ccc2c(C(=Nc3ccc(C)cc3)c3ccccc3)c(O)[nH]c2c1. The Kier molecular flexibility index (Phi) is 5.35. The predicted molar refractivity (Wildman–Crippen MR) is 119 cm³/mol. The number of carbonyl (C=O) groups excluding carboxylic acids is 1. The van der Waals surface area contributed by atoms with E-state index < -0.39 is 5.97 Å². The minimum atomic E-state index is -0.397. The maximum Gasteiger partial charge on any atom is 0.338 e. The van der Waals surface area contributed by atoms with Crippen LogP contribution in [-0.4, -0.2) is 28.4 Å². The Morgan fingerprint density at radius 2 is 1.73 bits per heavy atom. The normalized spacial score (nSPS) is 11.6. The molecule has 0 saturated heterocycles. The van der Waals surface area contributed by atoms with E-state index in [2.05, 4.69) is 4.98 Å². The highest BCUT2D eigenvalue weighted by atomic mass is 16.5. The van der Waals surface area contributed by atoms with E-state index in [1.807, 2.05) is 61.5 Å². The van der Waals surface area contributed by atoms with E-state index in [-0.39, 0.29) is 5.88 Å². The zero-order valence-electron chi connectivity index (χ0n) is 16.8. The van der Waals surface area contributed by atoms with Crippen LogP contribution in [-0.2, 0) is 4.74 Å². The number of aromatic hydroxyl groups is 1. The average molecular weight is 398 g/mol. The molecular weight excluding hydrogens is 376 g/mol. The second-order valence-corrected chi connectivity index (χ2v) is 6.99. The summed E-state index contributed by atoms with van der Waals surface area (Å²) in [6.07, 6.45) is 0. The molecule has 1 aromatic heterocycles. The van der Waals surface area contributed by atoms with Crippen molar-refractivity contribution in [2.24, 2.45) is 4.99 Å². The van der Waals surface area contributed by atoms with Crippen LogP contribution in [0.25, 0.3) is 10.9 Å². The molecule has 0 aliphatic heterocycles. The quantitative estimate of drug-likeness (QED) is 0.343. The zero-order valence-corrected chi connectivity index (χ0v) is 16.8. The van der Waals surface area contributed by atoms with Crippen LogP contribution < -0.4 is 0 Å². The number of aryl methyl sites for hydroxylation is 1. The molecule has 0 spiro atoms. The van der Waals surface area contributed by atoms with E-state index in [1.165, 1.54) is 0 Å². The summed E-state index contributed by atoms with van der Waals surface area (Å²) in [5.41, 5.74) is 5.12. The van der Waals surface area contributed by atoms with Gasteiger partial charge >= 0.3 is 5.97 Å². The highest BCUT2D eigenvalue weighted by molar-refractivity contribution is 6.22. The number of benzene rings is 3. The number of carbonyl (C=O) groups is 1. The number of aromatic nitrogens is 1. The summed E-state index contributed by atoms with van der Waals surface area (Å²) in [4.78, 5) is 19.9. The van der Waals surface area contributed by atoms with E-state index in [4.69, 9.17) is 9.73 Å². The van der Waals surface area contributed by atoms with E-state index in [9.17, 15) is 9.90 Å². The third-order valence-corrected chi connectivity index (χ3v) is 4.85. The lowest BCUT2D eigenvalue weighted by molar-refractivity contribution is 0.0526. The van der Waals surface area contributed by atoms with Crippen molar-refractivity contribution in [3.8, 4) is 5.88 Å². The molecule has 4 aromatic rings. The van der Waals surface area contributed by atoms with E-state index in [0.717, 1.165) is 22.2 Å². The largest absolute Gasteiger partial charge is 0.494 e. The standard InChI is InChI=1S/C25H22N2O3/c1-3-30-25(29)18-11-14-20-21(15-18)27-24(28)22(20)23(17-7-5-4-6-8-17)26-19-12-9-16(2)10-13-19/h4-15,27-28H,3H2,1-2H3. The molecule has 30 heavy (non-hydrogen) atoms. The number of fused-ring (bicyclic) bond motifs is 1. The van der Waals surface area contributed by atoms with Crippen molar-refractivity contribution in [1.29, 1.82) is 0 Å². The Morgan fingerprint density at radius 3 is 2.43 bits per heavy atom. The van der Waals surface area contributed by atoms with Crippen molar-refractivity contribution < 1.29 is 14.6 Å². The number of hydrogen-bond donors (Lipinski definition) is 2. The second-order valence-electron chi connectivity index (χ2n) is 6.99. The molecular formula is C25H22N2O3. The molecule has 3 aromatic carbocycles. The smallest absolute Gasteiger partial charge is 0.338 e. The van der Waals surface area contributed by atoms with Crippen molar-refractivity contribution in [2.75, 3.05) is 6.61 Å². The van der Waals surface area contributed by atoms with Crippen LogP contribution in [0.1, 0.15) is 34.0 Å². The second kappa shape index (κ2) is 8.25. The third kappa shape index (κ3) is 3.82. The van der Waals surface area contributed by atoms with Crippen molar-refractivity contribution >= 4 is 28.3 Å². The Hall–Kier alpha value is -3.86. The lowest BCUT2D eigenvalue weighted by Crippen LogP contribution is -2.05. The summed E-state index contributed by atoms with van der Waals surface area (Å²) in [6, 6.07) is 22.8. The zero-order chi connectivity index (χ0) is 21.1. The van der Waals surface area contributed by atoms with E-state index >= 15 is 0 Å². The summed E-state index contributed by atoms with van der Waals surface area (Å²) >= 11 is 0. The number of rotatable bonds is 5. The number of nitrogens with zero attached hydrogens (tertiary/aromatic N) is 1. The Balaban J connectivity index is 1.89. The van der Waals surface area contributed by atoms with Crippen molar-refractivity contribution in [3.05, 3.63) is 95.1 Å². The fourth-order valence-corrected chi connectivity index (χ4v) is 3.37. The first-order valence-electron chi connectivity index (χ1n) is 9.79. The van der Waals surface area contributed by atoms with Gasteiger partial charge in [0, 0.05) is 16.5 Å². The first-order chi connectivity index (χ1) is 14.6. The van der Waals surface area contributed by atoms with Crippen molar-refractivity contribution in [2.45, 2.75) is 13.8 Å². The highest BCUT2D eigenvalue weighted by Crippen LogP contribution is 2.32. The minimum Gasteiger partial charge on any atom is -0.494 e. The number of aromatic amines is 1. The van der Waals surface area contributed by atoms with Gasteiger partial charge < -0.3 is 14.8 Å². The third-order valence-electron chi connectivity index (χ3n) is 4.85. The number of hydrogen-bond acceptors (Lipinski definition) is 4. The Morgan fingerprint density at radius 1 is 1.00 bits per heavy atom. The molecule has 0 aliphatic rings. The van der Waals surface area contributed by atoms with Crippen molar-refractivity contribution in [1.82, 2.24) is 4.98 Å². The van der Waals surface area contributed by atoms with Crippen LogP contribution in [0.3, 0.4) is 0 Å². The molecule has 1 heterocycles. The summed E-state index contributed by atoms with van der Waals surface area (Å²) in [5.74, 6) is -0.396. The number of esters is 1. The van der Waals surface area contributed by atoms with Gasteiger partial charge in [-0.1, -0.05) is 54.1 Å². The van der Waals surface area contributed by atoms with Crippen LogP contribution in [0.2, 0.25) is 0 Å². The van der Waals surface area contributed by atoms with Gasteiger partial charge in [-0.25, -0.2) is 9.79 Å². The maximum atomic E-state index is 12.1. The predicted octanol–water partition coefficient (Wildman–Crippen LogP) is 5.53. The number of nitrogens with one attached hydrogen (secondary N) is 1. The monoisotopic (exact) mass is 398 g/mol. The molecule has 5 nitrogen and oxygen atoms in total. The van der Waals surface area contributed by atoms with Gasteiger partial charge in [0.1, 0.15) is 0 Å². The Bertz CT molecular complexity index is 1220. The summed E-state index contributed by atoms with van der Waals surface area (Å²) in [6.45, 7) is 4.10. The molecule has 0 radical (unpaired) electrons.